The second-order valence-corrected chi connectivity index (χ2v) is 3.26. The van der Waals surface area contributed by atoms with Crippen molar-refractivity contribution in [3.63, 3.8) is 0 Å². The number of carbonyl (C=O) groups is 1. The fourth-order valence-corrected chi connectivity index (χ4v) is 0.915. The van der Waals surface area contributed by atoms with Gasteiger partial charge in [-0.1, -0.05) is 0 Å². The van der Waals surface area contributed by atoms with E-state index >= 15 is 0 Å². The van der Waals surface area contributed by atoms with Crippen LogP contribution in [0.3, 0.4) is 0 Å². The summed E-state index contributed by atoms with van der Waals surface area (Å²) in [5.41, 5.74) is 0. The van der Waals surface area contributed by atoms with E-state index in [4.69, 9.17) is 0 Å². The zero-order chi connectivity index (χ0) is 10.1. The molecule has 4 heteroatoms. The topological polar surface area (TPSA) is 44.4 Å². The van der Waals surface area contributed by atoms with Crippen molar-refractivity contribution in [3.05, 3.63) is 0 Å². The van der Waals surface area contributed by atoms with Crippen LogP contribution in [0.4, 0.5) is 0 Å². The van der Waals surface area contributed by atoms with E-state index < -0.39 is 0 Å². The Bertz CT molecular complexity index is 137. The molecule has 0 aromatic carbocycles. The molecule has 0 aromatic heterocycles. The van der Waals surface area contributed by atoms with Gasteiger partial charge in [0.15, 0.2) is 0 Å². The third-order valence-corrected chi connectivity index (χ3v) is 1.64. The number of nitrogens with zero attached hydrogens (tertiary/aromatic N) is 1. The van der Waals surface area contributed by atoms with E-state index in [0.29, 0.717) is 6.42 Å². The molecular formula is C9H21N3O. The maximum atomic E-state index is 11.0. The molecule has 4 nitrogen and oxygen atoms in total. The lowest BCUT2D eigenvalue weighted by atomic mass is 10.4. The number of carbonyl (C=O) groups excluding carboxylic acids is 1. The second-order valence-electron chi connectivity index (χ2n) is 3.26. The lowest BCUT2D eigenvalue weighted by Crippen LogP contribution is -2.31. The molecule has 0 spiro atoms. The van der Waals surface area contributed by atoms with Gasteiger partial charge in [0.2, 0.25) is 5.91 Å². The van der Waals surface area contributed by atoms with Crippen molar-refractivity contribution in [2.24, 2.45) is 0 Å². The molecule has 13 heavy (non-hydrogen) atoms. The van der Waals surface area contributed by atoms with E-state index in [1.807, 2.05) is 21.0 Å². The molecule has 0 aromatic rings. The second kappa shape index (κ2) is 8.01. The van der Waals surface area contributed by atoms with Gasteiger partial charge in [0.25, 0.3) is 0 Å². The van der Waals surface area contributed by atoms with Gasteiger partial charge >= 0.3 is 0 Å². The van der Waals surface area contributed by atoms with Crippen molar-refractivity contribution in [1.82, 2.24) is 15.5 Å². The van der Waals surface area contributed by atoms with Crippen molar-refractivity contribution in [2.45, 2.75) is 13.3 Å². The lowest BCUT2D eigenvalue weighted by Gasteiger charge is -2.09. The Hall–Kier alpha value is -0.610. The van der Waals surface area contributed by atoms with Gasteiger partial charge in [0.05, 0.1) is 0 Å². The van der Waals surface area contributed by atoms with Gasteiger partial charge in [-0.05, 0) is 21.0 Å². The summed E-state index contributed by atoms with van der Waals surface area (Å²) < 4.78 is 0. The minimum atomic E-state index is 0.125. The quantitative estimate of drug-likeness (QED) is 0.536. The largest absolute Gasteiger partial charge is 0.356 e. The van der Waals surface area contributed by atoms with Crippen LogP contribution >= 0.6 is 0 Å². The fraction of sp³-hybridized carbons (Fsp3) is 0.889. The molecule has 0 radical (unpaired) electrons. The van der Waals surface area contributed by atoms with Crippen molar-refractivity contribution in [1.29, 1.82) is 0 Å². The van der Waals surface area contributed by atoms with E-state index in [9.17, 15) is 4.79 Å². The highest BCUT2D eigenvalue weighted by atomic mass is 16.1. The van der Waals surface area contributed by atoms with Gasteiger partial charge < -0.3 is 15.5 Å². The van der Waals surface area contributed by atoms with Gasteiger partial charge in [-0.3, -0.25) is 4.79 Å². The van der Waals surface area contributed by atoms with E-state index in [0.717, 1.165) is 26.2 Å². The molecule has 0 atom stereocenters. The monoisotopic (exact) mass is 187 g/mol. The van der Waals surface area contributed by atoms with Gasteiger partial charge in [-0.25, -0.2) is 0 Å². The molecule has 0 fully saturated rings. The first-order chi connectivity index (χ1) is 6.16. The average Bonchev–Trinajstić information content (AvgIpc) is 2.03. The van der Waals surface area contributed by atoms with Crippen LogP contribution in [-0.4, -0.2) is 51.1 Å². The Morgan fingerprint density at radius 1 is 1.31 bits per heavy atom. The molecule has 78 valence electrons. The Labute approximate surface area is 80.7 Å². The lowest BCUT2D eigenvalue weighted by molar-refractivity contribution is -0.120. The average molecular weight is 187 g/mol. The number of hydrogen-bond acceptors (Lipinski definition) is 3. The van der Waals surface area contributed by atoms with Crippen LogP contribution in [0.25, 0.3) is 0 Å². The van der Waals surface area contributed by atoms with Crippen molar-refractivity contribution < 1.29 is 4.79 Å². The third kappa shape index (κ3) is 9.30. The third-order valence-electron chi connectivity index (χ3n) is 1.64. The summed E-state index contributed by atoms with van der Waals surface area (Å²) in [6, 6.07) is 0. The maximum absolute atomic E-state index is 11.0. The first kappa shape index (κ1) is 12.4. The molecule has 2 N–H and O–H groups in total. The zero-order valence-corrected chi connectivity index (χ0v) is 8.89. The predicted molar refractivity (Wildman–Crippen MR) is 54.7 cm³/mol. The SMILES string of the molecule is CCNC(=O)CCNCCN(C)C. The highest BCUT2D eigenvalue weighted by molar-refractivity contribution is 5.75. The molecule has 0 unspecified atom stereocenters. The number of likely N-dealkylation sites (N-methyl/N-ethyl adjacent to an activating group) is 1. The first-order valence-electron chi connectivity index (χ1n) is 4.79. The minimum absolute atomic E-state index is 0.125. The normalized spacial score (nSPS) is 10.5. The van der Waals surface area contributed by atoms with Crippen LogP contribution < -0.4 is 10.6 Å². The van der Waals surface area contributed by atoms with Crippen LogP contribution in [0.2, 0.25) is 0 Å². The van der Waals surface area contributed by atoms with Gasteiger partial charge in [-0.15, -0.1) is 0 Å². The van der Waals surface area contributed by atoms with Gasteiger partial charge in [-0.2, -0.15) is 0 Å². The molecule has 1 amide bonds. The molecule has 0 aliphatic heterocycles. The Morgan fingerprint density at radius 2 is 2.00 bits per heavy atom. The number of amides is 1. The van der Waals surface area contributed by atoms with Crippen molar-refractivity contribution >= 4 is 5.91 Å². The molecule has 0 bridgehead atoms. The van der Waals surface area contributed by atoms with E-state index in [1.165, 1.54) is 0 Å². The number of rotatable bonds is 7. The van der Waals surface area contributed by atoms with E-state index in [1.54, 1.807) is 0 Å². The van der Waals surface area contributed by atoms with Crippen LogP contribution in [0.15, 0.2) is 0 Å². The molecule has 0 aliphatic rings. The highest BCUT2D eigenvalue weighted by Gasteiger charge is 1.97. The van der Waals surface area contributed by atoms with Gasteiger partial charge in [0.1, 0.15) is 0 Å². The minimum Gasteiger partial charge on any atom is -0.356 e. The fourth-order valence-electron chi connectivity index (χ4n) is 0.915. The molecule has 0 rings (SSSR count). The Morgan fingerprint density at radius 3 is 2.54 bits per heavy atom. The van der Waals surface area contributed by atoms with Crippen LogP contribution in [0.1, 0.15) is 13.3 Å². The summed E-state index contributed by atoms with van der Waals surface area (Å²) in [4.78, 5) is 13.1. The Balaban J connectivity index is 3.11. The zero-order valence-electron chi connectivity index (χ0n) is 8.89. The molecule has 0 aliphatic carbocycles. The summed E-state index contributed by atoms with van der Waals surface area (Å²) in [5, 5.41) is 5.96. The maximum Gasteiger partial charge on any atom is 0.221 e. The molecule has 0 saturated heterocycles. The highest BCUT2D eigenvalue weighted by Crippen LogP contribution is 1.77. The molecular weight excluding hydrogens is 166 g/mol. The summed E-state index contributed by atoms with van der Waals surface area (Å²) in [7, 11) is 4.07. The first-order valence-corrected chi connectivity index (χ1v) is 4.79. The Kier molecular flexibility index (Phi) is 7.63. The summed E-state index contributed by atoms with van der Waals surface area (Å²) in [6.07, 6.45) is 0.571. The van der Waals surface area contributed by atoms with E-state index in [-0.39, 0.29) is 5.91 Å². The van der Waals surface area contributed by atoms with E-state index in [2.05, 4.69) is 15.5 Å². The van der Waals surface area contributed by atoms with Crippen molar-refractivity contribution in [3.8, 4) is 0 Å². The molecule has 0 heterocycles. The van der Waals surface area contributed by atoms with Crippen LogP contribution in [-0.2, 0) is 4.79 Å². The van der Waals surface area contributed by atoms with Crippen molar-refractivity contribution in [2.75, 3.05) is 40.3 Å². The van der Waals surface area contributed by atoms with Gasteiger partial charge in [0, 0.05) is 32.6 Å². The van der Waals surface area contributed by atoms with Crippen LogP contribution in [0.5, 0.6) is 0 Å². The summed E-state index contributed by atoms with van der Waals surface area (Å²) in [6.45, 7) is 5.36. The smallest absolute Gasteiger partial charge is 0.221 e. The molecule has 0 saturated carbocycles. The summed E-state index contributed by atoms with van der Waals surface area (Å²) >= 11 is 0. The number of nitrogens with one attached hydrogen (secondary N) is 2. The predicted octanol–water partition coefficient (Wildman–Crippen LogP) is -0.336. The summed E-state index contributed by atoms with van der Waals surface area (Å²) in [5.74, 6) is 0.125. The standard InChI is InChI=1S/C9H21N3O/c1-4-11-9(13)5-6-10-7-8-12(2)3/h10H,4-8H2,1-3H3,(H,11,13). The van der Waals surface area contributed by atoms with Crippen LogP contribution in [0, 0.1) is 0 Å². The number of hydrogen-bond donors (Lipinski definition) is 2.